The summed E-state index contributed by atoms with van der Waals surface area (Å²) < 4.78 is 28.0. The van der Waals surface area contributed by atoms with Crippen LogP contribution in [0, 0.1) is 6.92 Å². The van der Waals surface area contributed by atoms with Crippen LogP contribution in [0.4, 0.5) is 0 Å². The van der Waals surface area contributed by atoms with Gasteiger partial charge in [-0.15, -0.1) is 0 Å². The quantitative estimate of drug-likeness (QED) is 0.906. The van der Waals surface area contributed by atoms with Gasteiger partial charge in [-0.1, -0.05) is 12.1 Å². The Balaban J connectivity index is 2.13. The fourth-order valence-corrected chi connectivity index (χ4v) is 2.65. The van der Waals surface area contributed by atoms with Gasteiger partial charge >= 0.3 is 0 Å². The average Bonchev–Trinajstić information content (AvgIpc) is 2.65. The Bertz CT molecular complexity index is 674. The summed E-state index contributed by atoms with van der Waals surface area (Å²) in [7, 11) is -3.20. The molecule has 0 aliphatic heterocycles. The van der Waals surface area contributed by atoms with Crippen LogP contribution in [-0.4, -0.2) is 29.8 Å². The van der Waals surface area contributed by atoms with Crippen molar-refractivity contribution < 1.29 is 8.42 Å². The van der Waals surface area contributed by atoms with Crippen LogP contribution < -0.4 is 4.72 Å². The van der Waals surface area contributed by atoms with E-state index in [9.17, 15) is 8.42 Å². The third kappa shape index (κ3) is 2.96. The molecular weight excluding hydrogens is 262 g/mol. The van der Waals surface area contributed by atoms with Crippen molar-refractivity contribution in [2.24, 2.45) is 0 Å². The third-order valence-electron chi connectivity index (χ3n) is 3.10. The van der Waals surface area contributed by atoms with Crippen molar-refractivity contribution in [2.75, 3.05) is 6.54 Å². The fourth-order valence-electron chi connectivity index (χ4n) is 1.94. The van der Waals surface area contributed by atoms with E-state index in [-0.39, 0.29) is 0 Å². The average molecular weight is 281 g/mol. The Hall–Kier alpha value is -1.40. The Morgan fingerprint density at radius 2 is 2.00 bits per heavy atom. The van der Waals surface area contributed by atoms with Gasteiger partial charge in [-0.25, -0.2) is 18.1 Å². The van der Waals surface area contributed by atoms with Crippen LogP contribution in [0.1, 0.15) is 19.7 Å². The summed E-state index contributed by atoms with van der Waals surface area (Å²) in [5.41, 5.74) is 1.97. The summed E-state index contributed by atoms with van der Waals surface area (Å²) >= 11 is 0. The maximum Gasteiger partial charge on any atom is 0.213 e. The zero-order chi connectivity index (χ0) is 14.0. The van der Waals surface area contributed by atoms with Gasteiger partial charge < -0.3 is 4.57 Å². The Labute approximate surface area is 113 Å². The number of nitrogens with zero attached hydrogens (tertiary/aromatic N) is 2. The Morgan fingerprint density at radius 1 is 1.32 bits per heavy atom. The maximum absolute atomic E-state index is 11.7. The second kappa shape index (κ2) is 5.30. The molecular formula is C13H19N3O2S. The first kappa shape index (κ1) is 14.0. The smallest absolute Gasteiger partial charge is 0.213 e. The monoisotopic (exact) mass is 281 g/mol. The molecule has 104 valence electrons. The van der Waals surface area contributed by atoms with Crippen LogP contribution >= 0.6 is 0 Å². The van der Waals surface area contributed by atoms with Gasteiger partial charge in [-0.05, 0) is 32.9 Å². The molecule has 0 saturated heterocycles. The molecule has 2 aromatic rings. The summed E-state index contributed by atoms with van der Waals surface area (Å²) in [5, 5.41) is -0.409. The molecule has 0 radical (unpaired) electrons. The van der Waals surface area contributed by atoms with E-state index in [1.54, 1.807) is 13.8 Å². The van der Waals surface area contributed by atoms with Crippen LogP contribution in [0.15, 0.2) is 24.3 Å². The molecule has 0 aliphatic rings. The van der Waals surface area contributed by atoms with E-state index in [0.29, 0.717) is 13.1 Å². The van der Waals surface area contributed by atoms with Gasteiger partial charge in [0, 0.05) is 13.1 Å². The molecule has 1 aromatic heterocycles. The number of aryl methyl sites for hydroxylation is 1. The fraction of sp³-hybridized carbons (Fsp3) is 0.462. The molecule has 0 aliphatic carbocycles. The lowest BCUT2D eigenvalue weighted by molar-refractivity contribution is 0.564. The van der Waals surface area contributed by atoms with Crippen molar-refractivity contribution in [1.82, 2.24) is 14.3 Å². The normalized spacial score (nSPS) is 12.4. The van der Waals surface area contributed by atoms with Crippen LogP contribution in [0.5, 0.6) is 0 Å². The summed E-state index contributed by atoms with van der Waals surface area (Å²) in [4.78, 5) is 4.45. The van der Waals surface area contributed by atoms with Gasteiger partial charge in [0.1, 0.15) is 5.82 Å². The highest BCUT2D eigenvalue weighted by Crippen LogP contribution is 2.14. The van der Waals surface area contributed by atoms with Crippen molar-refractivity contribution in [3.8, 4) is 0 Å². The number of hydrogen-bond donors (Lipinski definition) is 1. The summed E-state index contributed by atoms with van der Waals surface area (Å²) in [6.45, 7) is 6.22. The molecule has 5 nitrogen and oxygen atoms in total. The Morgan fingerprint density at radius 3 is 2.68 bits per heavy atom. The minimum absolute atomic E-state index is 0.377. The van der Waals surface area contributed by atoms with E-state index in [1.807, 2.05) is 35.8 Å². The second-order valence-corrected chi connectivity index (χ2v) is 7.11. The minimum atomic E-state index is -3.20. The molecule has 0 fully saturated rings. The lowest BCUT2D eigenvalue weighted by atomic mass is 10.3. The van der Waals surface area contributed by atoms with E-state index >= 15 is 0 Å². The molecule has 6 heteroatoms. The van der Waals surface area contributed by atoms with Crippen molar-refractivity contribution in [3.05, 3.63) is 30.1 Å². The number of fused-ring (bicyclic) bond motifs is 1. The molecule has 1 N–H and O–H groups in total. The predicted octanol–water partition coefficient (Wildman–Crippen LogP) is 1.67. The maximum atomic E-state index is 11.7. The first-order valence-corrected chi connectivity index (χ1v) is 7.87. The van der Waals surface area contributed by atoms with E-state index in [0.717, 1.165) is 16.9 Å². The highest BCUT2D eigenvalue weighted by molar-refractivity contribution is 7.90. The second-order valence-electron chi connectivity index (χ2n) is 4.79. The lowest BCUT2D eigenvalue weighted by Gasteiger charge is -2.11. The van der Waals surface area contributed by atoms with Gasteiger partial charge in [-0.2, -0.15) is 0 Å². The van der Waals surface area contributed by atoms with Gasteiger partial charge in [0.25, 0.3) is 0 Å². The van der Waals surface area contributed by atoms with E-state index in [4.69, 9.17) is 0 Å². The van der Waals surface area contributed by atoms with Crippen molar-refractivity contribution in [1.29, 1.82) is 0 Å². The molecule has 0 spiro atoms. The van der Waals surface area contributed by atoms with Crippen LogP contribution in [-0.2, 0) is 16.6 Å². The van der Waals surface area contributed by atoms with E-state index in [2.05, 4.69) is 9.71 Å². The molecule has 0 amide bonds. The summed E-state index contributed by atoms with van der Waals surface area (Å²) in [5.74, 6) is 0.893. The molecule has 19 heavy (non-hydrogen) atoms. The topological polar surface area (TPSA) is 64.0 Å². The molecule has 0 saturated carbocycles. The van der Waals surface area contributed by atoms with Crippen molar-refractivity contribution in [2.45, 2.75) is 32.6 Å². The first-order valence-electron chi connectivity index (χ1n) is 6.32. The number of nitrogens with one attached hydrogen (secondary N) is 1. The van der Waals surface area contributed by atoms with Crippen LogP contribution in [0.25, 0.3) is 11.0 Å². The molecule has 1 heterocycles. The third-order valence-corrected chi connectivity index (χ3v) is 4.95. The number of hydrogen-bond acceptors (Lipinski definition) is 3. The van der Waals surface area contributed by atoms with Gasteiger partial charge in [0.15, 0.2) is 0 Å². The number of benzene rings is 1. The highest BCUT2D eigenvalue weighted by atomic mass is 32.2. The van der Waals surface area contributed by atoms with Crippen molar-refractivity contribution in [3.63, 3.8) is 0 Å². The van der Waals surface area contributed by atoms with E-state index < -0.39 is 15.3 Å². The summed E-state index contributed by atoms with van der Waals surface area (Å²) in [6, 6.07) is 7.85. The predicted molar refractivity (Wildman–Crippen MR) is 76.5 cm³/mol. The Kier molecular flexibility index (Phi) is 3.91. The molecule has 0 bridgehead atoms. The molecule has 2 rings (SSSR count). The number of para-hydroxylation sites is 2. The zero-order valence-electron chi connectivity index (χ0n) is 11.4. The number of imidazole rings is 1. The standard InChI is InChI=1S/C13H19N3O2S/c1-10(2)19(17,18)14-8-9-16-11(3)15-12-6-4-5-7-13(12)16/h4-7,10,14H,8-9H2,1-3H3. The van der Waals surface area contributed by atoms with Gasteiger partial charge in [-0.3, -0.25) is 0 Å². The first-order chi connectivity index (χ1) is 8.92. The lowest BCUT2D eigenvalue weighted by Crippen LogP contribution is -2.33. The van der Waals surface area contributed by atoms with Crippen molar-refractivity contribution >= 4 is 21.1 Å². The largest absolute Gasteiger partial charge is 0.327 e. The van der Waals surface area contributed by atoms with E-state index in [1.165, 1.54) is 0 Å². The molecule has 1 aromatic carbocycles. The molecule has 0 atom stereocenters. The van der Waals surface area contributed by atoms with Crippen LogP contribution in [0.3, 0.4) is 0 Å². The highest BCUT2D eigenvalue weighted by Gasteiger charge is 2.15. The summed E-state index contributed by atoms with van der Waals surface area (Å²) in [6.07, 6.45) is 0. The zero-order valence-corrected chi connectivity index (χ0v) is 12.2. The number of sulfonamides is 1. The minimum Gasteiger partial charge on any atom is -0.327 e. The van der Waals surface area contributed by atoms with Gasteiger partial charge in [0.05, 0.1) is 16.3 Å². The SMILES string of the molecule is Cc1nc2ccccc2n1CCNS(=O)(=O)C(C)C. The van der Waals surface area contributed by atoms with Gasteiger partial charge in [0.2, 0.25) is 10.0 Å². The van der Waals surface area contributed by atoms with Crippen LogP contribution in [0.2, 0.25) is 0 Å². The number of rotatable bonds is 5. The molecule has 0 unspecified atom stereocenters. The number of aromatic nitrogens is 2.